The summed E-state index contributed by atoms with van der Waals surface area (Å²) < 4.78 is 27.9. The van der Waals surface area contributed by atoms with E-state index in [-0.39, 0.29) is 10.8 Å². The number of hydrogen-bond acceptors (Lipinski definition) is 3. The summed E-state index contributed by atoms with van der Waals surface area (Å²) in [6.07, 6.45) is 3.28. The lowest BCUT2D eigenvalue weighted by Crippen LogP contribution is -2.50. The Hall–Kier alpha value is -1.70. The number of hydrogen-bond donors (Lipinski definition) is 0. The highest BCUT2D eigenvalue weighted by atomic mass is 79.9. The van der Waals surface area contributed by atoms with Crippen molar-refractivity contribution in [3.05, 3.63) is 63.6 Å². The number of halogens is 1. The number of aryl methyl sites for hydroxylation is 2. The lowest BCUT2D eigenvalue weighted by molar-refractivity contribution is 0.0698. The molecule has 1 aliphatic carbocycles. The van der Waals surface area contributed by atoms with E-state index in [0.29, 0.717) is 31.7 Å². The van der Waals surface area contributed by atoms with Gasteiger partial charge in [0.1, 0.15) is 0 Å². The Morgan fingerprint density at radius 1 is 0.889 bits per heavy atom. The van der Waals surface area contributed by atoms with Crippen molar-refractivity contribution in [2.75, 3.05) is 26.2 Å². The summed E-state index contributed by atoms with van der Waals surface area (Å²) >= 11 is 3.32. The van der Waals surface area contributed by atoms with E-state index in [1.54, 1.807) is 29.2 Å². The highest BCUT2D eigenvalue weighted by molar-refractivity contribution is 9.10. The summed E-state index contributed by atoms with van der Waals surface area (Å²) in [5.41, 5.74) is 3.33. The van der Waals surface area contributed by atoms with Gasteiger partial charge in [0.05, 0.1) is 4.90 Å². The van der Waals surface area contributed by atoms with Crippen molar-refractivity contribution < 1.29 is 13.2 Å². The zero-order valence-electron chi connectivity index (χ0n) is 14.9. The fraction of sp³-hybridized carbons (Fsp3) is 0.350. The third-order valence-electron chi connectivity index (χ3n) is 5.32. The van der Waals surface area contributed by atoms with Crippen molar-refractivity contribution in [1.29, 1.82) is 0 Å². The Labute approximate surface area is 168 Å². The van der Waals surface area contributed by atoms with E-state index in [9.17, 15) is 13.2 Å². The van der Waals surface area contributed by atoms with Crippen LogP contribution in [0.15, 0.2) is 51.8 Å². The maximum atomic E-state index is 12.8. The first kappa shape index (κ1) is 18.7. The average Bonchev–Trinajstić information content (AvgIpc) is 3.15. The molecule has 1 heterocycles. The van der Waals surface area contributed by atoms with Gasteiger partial charge in [-0.05, 0) is 66.8 Å². The molecule has 1 amide bonds. The summed E-state index contributed by atoms with van der Waals surface area (Å²) in [5, 5.41) is 0. The largest absolute Gasteiger partial charge is 0.336 e. The topological polar surface area (TPSA) is 57.7 Å². The van der Waals surface area contributed by atoms with E-state index in [2.05, 4.69) is 22.0 Å². The quantitative estimate of drug-likeness (QED) is 0.724. The van der Waals surface area contributed by atoms with Crippen molar-refractivity contribution in [3.63, 3.8) is 0 Å². The number of rotatable bonds is 3. The van der Waals surface area contributed by atoms with Gasteiger partial charge in [-0.15, -0.1) is 0 Å². The second kappa shape index (κ2) is 7.37. The number of nitrogens with zero attached hydrogens (tertiary/aromatic N) is 2. The van der Waals surface area contributed by atoms with E-state index >= 15 is 0 Å². The molecule has 2 aromatic carbocycles. The van der Waals surface area contributed by atoms with Crippen LogP contribution in [-0.2, 0) is 22.9 Å². The summed E-state index contributed by atoms with van der Waals surface area (Å²) in [6, 6.07) is 12.6. The van der Waals surface area contributed by atoms with Crippen LogP contribution in [0.2, 0.25) is 0 Å². The molecule has 5 nitrogen and oxygen atoms in total. The Bertz CT molecular complexity index is 965. The van der Waals surface area contributed by atoms with Crippen molar-refractivity contribution in [2.24, 2.45) is 0 Å². The minimum absolute atomic E-state index is 0.00890. The van der Waals surface area contributed by atoms with Crippen molar-refractivity contribution in [3.8, 4) is 0 Å². The highest BCUT2D eigenvalue weighted by Crippen LogP contribution is 2.24. The molecule has 0 saturated carbocycles. The summed E-state index contributed by atoms with van der Waals surface area (Å²) in [5.74, 6) is -0.00890. The molecule has 2 aliphatic rings. The number of carbonyl (C=O) groups is 1. The third-order valence-corrected chi connectivity index (χ3v) is 7.76. The molecule has 1 fully saturated rings. The number of carbonyl (C=O) groups excluding carboxylic acids is 1. The summed E-state index contributed by atoms with van der Waals surface area (Å²) in [4.78, 5) is 14.9. The SMILES string of the molecule is O=C(c1ccc2c(c1)CCC2)N1CCN(S(=O)(=O)c2ccc(Br)cc2)CC1. The van der Waals surface area contributed by atoms with Crippen molar-refractivity contribution in [1.82, 2.24) is 9.21 Å². The smallest absolute Gasteiger partial charge is 0.253 e. The molecule has 0 radical (unpaired) electrons. The predicted octanol–water partition coefficient (Wildman–Crippen LogP) is 3.08. The molecular formula is C20H21BrN2O3S. The zero-order valence-corrected chi connectivity index (χ0v) is 17.3. The van der Waals surface area contributed by atoms with Gasteiger partial charge in [0.25, 0.3) is 5.91 Å². The minimum atomic E-state index is -3.53. The van der Waals surface area contributed by atoms with Crippen LogP contribution < -0.4 is 0 Å². The molecule has 0 atom stereocenters. The molecule has 4 rings (SSSR count). The first-order valence-corrected chi connectivity index (χ1v) is 11.4. The predicted molar refractivity (Wildman–Crippen MR) is 107 cm³/mol. The van der Waals surface area contributed by atoms with Gasteiger partial charge in [-0.1, -0.05) is 22.0 Å². The molecule has 27 heavy (non-hydrogen) atoms. The normalized spacial score (nSPS) is 17.7. The average molecular weight is 449 g/mol. The van der Waals surface area contributed by atoms with Crippen LogP contribution >= 0.6 is 15.9 Å². The van der Waals surface area contributed by atoms with Gasteiger partial charge >= 0.3 is 0 Å². The highest BCUT2D eigenvalue weighted by Gasteiger charge is 2.30. The van der Waals surface area contributed by atoms with Gasteiger partial charge in [0.15, 0.2) is 0 Å². The van der Waals surface area contributed by atoms with Gasteiger partial charge in [0, 0.05) is 36.2 Å². The summed E-state index contributed by atoms with van der Waals surface area (Å²) in [6.45, 7) is 1.45. The summed E-state index contributed by atoms with van der Waals surface area (Å²) in [7, 11) is -3.53. The lowest BCUT2D eigenvalue weighted by Gasteiger charge is -2.34. The Morgan fingerprint density at radius 3 is 2.26 bits per heavy atom. The van der Waals surface area contributed by atoms with Gasteiger partial charge in [-0.3, -0.25) is 4.79 Å². The first-order valence-electron chi connectivity index (χ1n) is 9.12. The fourth-order valence-corrected chi connectivity index (χ4v) is 5.46. The van der Waals surface area contributed by atoms with E-state index in [4.69, 9.17) is 0 Å². The van der Waals surface area contributed by atoms with Gasteiger partial charge in [-0.2, -0.15) is 4.31 Å². The molecule has 7 heteroatoms. The standard InChI is InChI=1S/C20H21BrN2O3S/c21-18-6-8-19(9-7-18)27(25,26)23-12-10-22(11-13-23)20(24)17-5-4-15-2-1-3-16(15)14-17/h4-9,14H,1-3,10-13H2. The second-order valence-corrected chi connectivity index (χ2v) is 9.84. The van der Waals surface area contributed by atoms with E-state index in [1.807, 2.05) is 12.1 Å². The van der Waals surface area contributed by atoms with Crippen LogP contribution in [0.5, 0.6) is 0 Å². The van der Waals surface area contributed by atoms with Crippen LogP contribution in [0.3, 0.4) is 0 Å². The van der Waals surface area contributed by atoms with Gasteiger partial charge in [-0.25, -0.2) is 8.42 Å². The minimum Gasteiger partial charge on any atom is -0.336 e. The first-order chi connectivity index (χ1) is 12.9. The number of piperazine rings is 1. The van der Waals surface area contributed by atoms with Crippen LogP contribution in [0.1, 0.15) is 27.9 Å². The van der Waals surface area contributed by atoms with Crippen LogP contribution in [0.4, 0.5) is 0 Å². The van der Waals surface area contributed by atoms with Crippen molar-refractivity contribution in [2.45, 2.75) is 24.2 Å². The zero-order chi connectivity index (χ0) is 19.0. The Kier molecular flexibility index (Phi) is 5.09. The maximum absolute atomic E-state index is 12.8. The lowest BCUT2D eigenvalue weighted by atomic mass is 10.1. The van der Waals surface area contributed by atoms with E-state index < -0.39 is 10.0 Å². The molecule has 2 aromatic rings. The third kappa shape index (κ3) is 3.68. The van der Waals surface area contributed by atoms with Crippen molar-refractivity contribution >= 4 is 31.9 Å². The maximum Gasteiger partial charge on any atom is 0.253 e. The van der Waals surface area contributed by atoms with Crippen LogP contribution in [-0.4, -0.2) is 49.7 Å². The van der Waals surface area contributed by atoms with E-state index in [0.717, 1.165) is 23.7 Å². The molecule has 1 aliphatic heterocycles. The molecular weight excluding hydrogens is 428 g/mol. The molecule has 1 saturated heterocycles. The molecule has 142 valence electrons. The molecule has 0 N–H and O–H groups in total. The van der Waals surface area contributed by atoms with Gasteiger partial charge in [0.2, 0.25) is 10.0 Å². The molecule has 0 spiro atoms. The Balaban J connectivity index is 1.44. The number of amides is 1. The number of fused-ring (bicyclic) bond motifs is 1. The Morgan fingerprint density at radius 2 is 1.56 bits per heavy atom. The second-order valence-electron chi connectivity index (χ2n) is 6.99. The van der Waals surface area contributed by atoms with E-state index in [1.165, 1.54) is 15.4 Å². The number of benzene rings is 2. The fourth-order valence-electron chi connectivity index (χ4n) is 3.77. The monoisotopic (exact) mass is 448 g/mol. The number of sulfonamides is 1. The van der Waals surface area contributed by atoms with Crippen LogP contribution in [0, 0.1) is 0 Å². The van der Waals surface area contributed by atoms with Crippen LogP contribution in [0.25, 0.3) is 0 Å². The molecule has 0 aromatic heterocycles. The molecule has 0 unspecified atom stereocenters. The van der Waals surface area contributed by atoms with Gasteiger partial charge < -0.3 is 4.90 Å². The molecule has 0 bridgehead atoms.